The summed E-state index contributed by atoms with van der Waals surface area (Å²) in [6, 6.07) is 4.12. The first-order valence-electron chi connectivity index (χ1n) is 6.74. The minimum absolute atomic E-state index is 0.0854. The molecule has 120 valence electrons. The van der Waals surface area contributed by atoms with Crippen LogP contribution in [0, 0.1) is 0 Å². The highest BCUT2D eigenvalue weighted by molar-refractivity contribution is 5.99. The van der Waals surface area contributed by atoms with Crippen molar-refractivity contribution in [3.8, 4) is 0 Å². The van der Waals surface area contributed by atoms with Crippen molar-refractivity contribution in [2.45, 2.75) is 25.8 Å². The van der Waals surface area contributed by atoms with Gasteiger partial charge in [0.25, 0.3) is 0 Å². The number of nitrogens with one attached hydrogen (secondary N) is 1. The van der Waals surface area contributed by atoms with Crippen LogP contribution >= 0.6 is 0 Å². The summed E-state index contributed by atoms with van der Waals surface area (Å²) < 4.78 is 9.25. The number of amides is 1. The summed E-state index contributed by atoms with van der Waals surface area (Å²) in [4.78, 5) is 35.1. The van der Waals surface area contributed by atoms with Crippen LogP contribution in [0.25, 0.3) is 0 Å². The molecule has 0 heterocycles. The van der Waals surface area contributed by atoms with E-state index in [9.17, 15) is 14.4 Å². The maximum atomic E-state index is 11.8. The Kier molecular flexibility index (Phi) is 6.52. The van der Waals surface area contributed by atoms with Crippen molar-refractivity contribution in [2.75, 3.05) is 19.5 Å². The van der Waals surface area contributed by atoms with Crippen LogP contribution < -0.4 is 11.1 Å². The number of hydrogen-bond acceptors (Lipinski definition) is 6. The van der Waals surface area contributed by atoms with Crippen LogP contribution in [0.2, 0.25) is 0 Å². The SMILES string of the molecule is COC(=O)c1cc(NC(=O)CCC(C)N)cc(C(=O)OC)c1. The molecule has 1 rings (SSSR count). The Hall–Kier alpha value is -2.41. The molecule has 1 unspecified atom stereocenters. The van der Waals surface area contributed by atoms with Gasteiger partial charge >= 0.3 is 11.9 Å². The van der Waals surface area contributed by atoms with Gasteiger partial charge in [-0.3, -0.25) is 4.79 Å². The molecule has 0 aromatic heterocycles. The molecule has 0 aliphatic rings. The number of anilines is 1. The van der Waals surface area contributed by atoms with Crippen molar-refractivity contribution in [1.82, 2.24) is 0 Å². The van der Waals surface area contributed by atoms with E-state index < -0.39 is 11.9 Å². The predicted octanol–water partition coefficient (Wildman–Crippen LogP) is 1.33. The van der Waals surface area contributed by atoms with Crippen molar-refractivity contribution in [3.63, 3.8) is 0 Å². The maximum Gasteiger partial charge on any atom is 0.337 e. The highest BCUT2D eigenvalue weighted by Gasteiger charge is 2.15. The van der Waals surface area contributed by atoms with E-state index in [0.29, 0.717) is 12.1 Å². The lowest BCUT2D eigenvalue weighted by molar-refractivity contribution is -0.116. The molecule has 1 aromatic rings. The molecule has 22 heavy (non-hydrogen) atoms. The van der Waals surface area contributed by atoms with E-state index in [-0.39, 0.29) is 29.5 Å². The Balaban J connectivity index is 2.99. The normalized spacial score (nSPS) is 11.5. The third kappa shape index (κ3) is 5.17. The Labute approximate surface area is 128 Å². The van der Waals surface area contributed by atoms with E-state index in [2.05, 4.69) is 14.8 Å². The maximum absolute atomic E-state index is 11.8. The average Bonchev–Trinajstić information content (AvgIpc) is 2.50. The Morgan fingerprint density at radius 3 is 2.00 bits per heavy atom. The fraction of sp³-hybridized carbons (Fsp3) is 0.400. The van der Waals surface area contributed by atoms with E-state index in [1.165, 1.54) is 32.4 Å². The second-order valence-corrected chi connectivity index (χ2v) is 4.85. The third-order valence-corrected chi connectivity index (χ3v) is 2.89. The number of methoxy groups -OCH3 is 2. The van der Waals surface area contributed by atoms with E-state index in [1.54, 1.807) is 6.92 Å². The van der Waals surface area contributed by atoms with Gasteiger partial charge in [0.15, 0.2) is 0 Å². The number of esters is 2. The molecule has 0 aliphatic heterocycles. The lowest BCUT2D eigenvalue weighted by Gasteiger charge is -2.10. The molecule has 0 radical (unpaired) electrons. The van der Waals surface area contributed by atoms with Gasteiger partial charge in [-0.15, -0.1) is 0 Å². The zero-order valence-electron chi connectivity index (χ0n) is 12.8. The van der Waals surface area contributed by atoms with Crippen molar-refractivity contribution in [3.05, 3.63) is 29.3 Å². The average molecular weight is 308 g/mol. The molecule has 1 atom stereocenters. The van der Waals surface area contributed by atoms with Crippen molar-refractivity contribution in [1.29, 1.82) is 0 Å². The second-order valence-electron chi connectivity index (χ2n) is 4.85. The number of rotatable bonds is 6. The first-order chi connectivity index (χ1) is 10.4. The quantitative estimate of drug-likeness (QED) is 0.767. The van der Waals surface area contributed by atoms with Gasteiger partial charge in [0.2, 0.25) is 5.91 Å². The molecule has 7 nitrogen and oxygen atoms in total. The molecule has 1 aromatic carbocycles. The minimum Gasteiger partial charge on any atom is -0.465 e. The molecule has 0 fully saturated rings. The number of carbonyl (C=O) groups excluding carboxylic acids is 3. The summed E-state index contributed by atoms with van der Waals surface area (Å²) >= 11 is 0. The second kappa shape index (κ2) is 8.14. The lowest BCUT2D eigenvalue weighted by Crippen LogP contribution is -2.20. The van der Waals surface area contributed by atoms with Gasteiger partial charge in [-0.1, -0.05) is 0 Å². The molecule has 1 amide bonds. The van der Waals surface area contributed by atoms with Gasteiger partial charge in [0, 0.05) is 18.2 Å². The van der Waals surface area contributed by atoms with Crippen LogP contribution in [0.3, 0.4) is 0 Å². The predicted molar refractivity (Wildman–Crippen MR) is 80.6 cm³/mol. The Morgan fingerprint density at radius 2 is 1.59 bits per heavy atom. The topological polar surface area (TPSA) is 108 Å². The van der Waals surface area contributed by atoms with Crippen LogP contribution in [0.5, 0.6) is 0 Å². The van der Waals surface area contributed by atoms with E-state index in [4.69, 9.17) is 5.73 Å². The zero-order valence-corrected chi connectivity index (χ0v) is 12.8. The Bertz CT molecular complexity index is 535. The Morgan fingerprint density at radius 1 is 1.09 bits per heavy atom. The minimum atomic E-state index is -0.614. The fourth-order valence-electron chi connectivity index (χ4n) is 1.75. The van der Waals surface area contributed by atoms with Crippen LogP contribution in [-0.2, 0) is 14.3 Å². The molecule has 0 saturated carbocycles. The van der Waals surface area contributed by atoms with Gasteiger partial charge in [0.1, 0.15) is 0 Å². The molecular formula is C15H20N2O5. The van der Waals surface area contributed by atoms with Crippen molar-refractivity contribution >= 4 is 23.5 Å². The number of benzene rings is 1. The largest absolute Gasteiger partial charge is 0.465 e. The van der Waals surface area contributed by atoms with Crippen LogP contribution in [0.1, 0.15) is 40.5 Å². The summed E-state index contributed by atoms with van der Waals surface area (Å²) in [6.45, 7) is 1.81. The van der Waals surface area contributed by atoms with E-state index in [0.717, 1.165) is 0 Å². The first kappa shape index (κ1) is 17.6. The molecule has 0 aliphatic carbocycles. The molecule has 0 saturated heterocycles. The molecular weight excluding hydrogens is 288 g/mol. The van der Waals surface area contributed by atoms with Crippen LogP contribution in [0.15, 0.2) is 18.2 Å². The highest BCUT2D eigenvalue weighted by atomic mass is 16.5. The molecule has 7 heteroatoms. The number of carbonyl (C=O) groups is 3. The number of hydrogen-bond donors (Lipinski definition) is 2. The third-order valence-electron chi connectivity index (χ3n) is 2.89. The highest BCUT2D eigenvalue weighted by Crippen LogP contribution is 2.17. The summed E-state index contributed by atoms with van der Waals surface area (Å²) in [7, 11) is 2.46. The molecule has 3 N–H and O–H groups in total. The van der Waals surface area contributed by atoms with Crippen LogP contribution in [-0.4, -0.2) is 38.1 Å². The summed E-state index contributed by atoms with van der Waals surface area (Å²) in [5.41, 5.74) is 6.21. The summed E-state index contributed by atoms with van der Waals surface area (Å²) in [5.74, 6) is -1.48. The first-order valence-corrected chi connectivity index (χ1v) is 6.74. The van der Waals surface area contributed by atoms with Crippen molar-refractivity contribution < 1.29 is 23.9 Å². The van der Waals surface area contributed by atoms with Gasteiger partial charge in [-0.05, 0) is 31.5 Å². The number of ether oxygens (including phenoxy) is 2. The standard InChI is InChI=1S/C15H20N2O5/c1-9(16)4-5-13(18)17-12-7-10(14(19)21-2)6-11(8-12)15(20)22-3/h6-9H,4-5,16H2,1-3H3,(H,17,18). The summed E-state index contributed by atoms with van der Waals surface area (Å²) in [5, 5.41) is 2.63. The fourth-order valence-corrected chi connectivity index (χ4v) is 1.75. The smallest absolute Gasteiger partial charge is 0.337 e. The van der Waals surface area contributed by atoms with Gasteiger partial charge < -0.3 is 20.5 Å². The molecule has 0 bridgehead atoms. The van der Waals surface area contributed by atoms with Gasteiger partial charge in [-0.25, -0.2) is 9.59 Å². The van der Waals surface area contributed by atoms with Gasteiger partial charge in [0.05, 0.1) is 25.3 Å². The van der Waals surface area contributed by atoms with Crippen LogP contribution in [0.4, 0.5) is 5.69 Å². The zero-order chi connectivity index (χ0) is 16.7. The molecule has 0 spiro atoms. The van der Waals surface area contributed by atoms with E-state index >= 15 is 0 Å². The monoisotopic (exact) mass is 308 g/mol. The lowest BCUT2D eigenvalue weighted by atomic mass is 10.1. The summed E-state index contributed by atoms with van der Waals surface area (Å²) in [6.07, 6.45) is 0.778. The van der Waals surface area contributed by atoms with Gasteiger partial charge in [-0.2, -0.15) is 0 Å². The number of nitrogens with two attached hydrogens (primary N) is 1. The van der Waals surface area contributed by atoms with E-state index in [1.807, 2.05) is 0 Å². The van der Waals surface area contributed by atoms with Crippen molar-refractivity contribution in [2.24, 2.45) is 5.73 Å².